The van der Waals surface area contributed by atoms with Crippen molar-refractivity contribution in [1.82, 2.24) is 0 Å². The summed E-state index contributed by atoms with van der Waals surface area (Å²) in [4.78, 5) is 0. The summed E-state index contributed by atoms with van der Waals surface area (Å²) < 4.78 is 5.37. The van der Waals surface area contributed by atoms with E-state index < -0.39 is 0 Å². The van der Waals surface area contributed by atoms with Crippen molar-refractivity contribution in [2.75, 3.05) is 5.33 Å². The molecule has 1 rings (SSSR count). The van der Waals surface area contributed by atoms with Crippen LogP contribution in [0, 0.1) is 0 Å². The molecule has 1 nitrogen and oxygen atoms in total. The maximum atomic E-state index is 5.37. The van der Waals surface area contributed by atoms with Crippen LogP contribution in [0.3, 0.4) is 0 Å². The minimum Gasteiger partial charge on any atom is -0.494 e. The molecule has 0 aliphatic carbocycles. The highest BCUT2D eigenvalue weighted by molar-refractivity contribution is 9.09. The average molecular weight is 217 g/mol. The maximum Gasteiger partial charge on any atom is 0.116 e. The monoisotopic (exact) mass is 216 g/mol. The van der Waals surface area contributed by atoms with Crippen LogP contribution < -0.4 is 0 Å². The van der Waals surface area contributed by atoms with Crippen molar-refractivity contribution in [2.45, 2.75) is 25.9 Å². The van der Waals surface area contributed by atoms with Crippen LogP contribution in [0.25, 0.3) is 0 Å². The summed E-state index contributed by atoms with van der Waals surface area (Å²) in [6.07, 6.45) is 8.59. The second-order valence-corrected chi connectivity index (χ2v) is 3.33. The van der Waals surface area contributed by atoms with Gasteiger partial charge in [0, 0.05) is 5.33 Å². The molecule has 0 saturated carbocycles. The molecule has 2 heteroatoms. The van der Waals surface area contributed by atoms with E-state index in [2.05, 4.69) is 35.0 Å². The zero-order chi connectivity index (χ0) is 8.10. The number of rotatable bonds is 2. The van der Waals surface area contributed by atoms with Crippen molar-refractivity contribution in [3.8, 4) is 0 Å². The van der Waals surface area contributed by atoms with Crippen molar-refractivity contribution in [1.29, 1.82) is 0 Å². The highest BCUT2D eigenvalue weighted by Gasteiger charge is 2.06. The molecule has 0 aromatic heterocycles. The van der Waals surface area contributed by atoms with Crippen molar-refractivity contribution in [3.05, 3.63) is 24.0 Å². The van der Waals surface area contributed by atoms with Gasteiger partial charge in [-0.15, -0.1) is 0 Å². The second-order valence-electron chi connectivity index (χ2n) is 2.77. The van der Waals surface area contributed by atoms with Gasteiger partial charge in [-0.2, -0.15) is 0 Å². The third-order valence-corrected chi connectivity index (χ3v) is 2.53. The second kappa shape index (κ2) is 4.60. The van der Waals surface area contributed by atoms with Crippen LogP contribution in [0.1, 0.15) is 19.8 Å². The molecule has 0 aromatic rings. The van der Waals surface area contributed by atoms with E-state index in [1.54, 1.807) is 6.26 Å². The summed E-state index contributed by atoms with van der Waals surface area (Å²) in [6, 6.07) is 0. The van der Waals surface area contributed by atoms with E-state index in [-0.39, 0.29) is 0 Å². The number of hydrogen-bond donors (Lipinski definition) is 0. The molecular weight excluding hydrogens is 204 g/mol. The Hall–Kier alpha value is -0.240. The molecule has 0 aromatic carbocycles. The lowest BCUT2D eigenvalue weighted by molar-refractivity contribution is 0.164. The van der Waals surface area contributed by atoms with Crippen LogP contribution in [-0.4, -0.2) is 11.4 Å². The number of hydrogen-bond acceptors (Lipinski definition) is 1. The van der Waals surface area contributed by atoms with Crippen LogP contribution in [0.2, 0.25) is 0 Å². The largest absolute Gasteiger partial charge is 0.494 e. The van der Waals surface area contributed by atoms with Crippen molar-refractivity contribution in [2.24, 2.45) is 0 Å². The standard InChI is InChI=1S/C9H13BrO/c1-8(7-10)6-9-4-2-3-5-11-9/h3,5-6,9H,2,4,7H2,1H3/b8-6+. The summed E-state index contributed by atoms with van der Waals surface area (Å²) in [5.41, 5.74) is 1.34. The van der Waals surface area contributed by atoms with Gasteiger partial charge < -0.3 is 4.74 Å². The van der Waals surface area contributed by atoms with E-state index in [0.29, 0.717) is 6.10 Å². The van der Waals surface area contributed by atoms with E-state index >= 15 is 0 Å². The molecule has 1 aliphatic rings. The molecule has 0 fully saturated rings. The molecule has 0 saturated heterocycles. The molecule has 0 N–H and O–H groups in total. The Morgan fingerprint density at radius 2 is 2.64 bits per heavy atom. The van der Waals surface area contributed by atoms with Crippen molar-refractivity contribution in [3.63, 3.8) is 0 Å². The van der Waals surface area contributed by atoms with Gasteiger partial charge in [0.15, 0.2) is 0 Å². The Morgan fingerprint density at radius 3 is 3.18 bits per heavy atom. The Morgan fingerprint density at radius 1 is 1.82 bits per heavy atom. The first-order valence-electron chi connectivity index (χ1n) is 3.86. The van der Waals surface area contributed by atoms with Crippen LogP contribution in [0.4, 0.5) is 0 Å². The Kier molecular flexibility index (Phi) is 3.70. The number of ether oxygens (including phenoxy) is 1. The first-order chi connectivity index (χ1) is 5.33. The van der Waals surface area contributed by atoms with Crippen LogP contribution in [-0.2, 0) is 4.74 Å². The zero-order valence-electron chi connectivity index (χ0n) is 6.72. The highest BCUT2D eigenvalue weighted by atomic mass is 79.9. The molecule has 1 unspecified atom stereocenters. The Bertz CT molecular complexity index is 172. The summed E-state index contributed by atoms with van der Waals surface area (Å²) in [5.74, 6) is 0. The molecule has 1 heterocycles. The van der Waals surface area contributed by atoms with Gasteiger partial charge in [0.2, 0.25) is 0 Å². The summed E-state index contributed by atoms with van der Waals surface area (Å²) >= 11 is 3.40. The molecule has 1 atom stereocenters. The highest BCUT2D eigenvalue weighted by Crippen LogP contribution is 2.13. The average Bonchev–Trinajstić information content (AvgIpc) is 2.06. The molecule has 0 bridgehead atoms. The van der Waals surface area contributed by atoms with Gasteiger partial charge in [-0.3, -0.25) is 0 Å². The first kappa shape index (κ1) is 8.85. The van der Waals surface area contributed by atoms with E-state index in [4.69, 9.17) is 4.74 Å². The molecule has 0 spiro atoms. The van der Waals surface area contributed by atoms with Gasteiger partial charge >= 0.3 is 0 Å². The summed E-state index contributed by atoms with van der Waals surface area (Å²) in [6.45, 7) is 2.11. The van der Waals surface area contributed by atoms with Gasteiger partial charge in [0.05, 0.1) is 6.26 Å². The number of alkyl halides is 1. The Balaban J connectivity index is 2.42. The predicted molar refractivity (Wildman–Crippen MR) is 50.8 cm³/mol. The van der Waals surface area contributed by atoms with E-state index in [9.17, 15) is 0 Å². The molecular formula is C9H13BrO. The van der Waals surface area contributed by atoms with Gasteiger partial charge in [0.25, 0.3) is 0 Å². The lowest BCUT2D eigenvalue weighted by Gasteiger charge is -2.16. The fraction of sp³-hybridized carbons (Fsp3) is 0.556. The van der Waals surface area contributed by atoms with Crippen LogP contribution >= 0.6 is 15.9 Å². The minimum atomic E-state index is 0.303. The molecule has 62 valence electrons. The van der Waals surface area contributed by atoms with Gasteiger partial charge in [-0.25, -0.2) is 0 Å². The Labute approximate surface area is 76.3 Å². The number of halogens is 1. The molecule has 0 radical (unpaired) electrons. The quantitative estimate of drug-likeness (QED) is 0.510. The van der Waals surface area contributed by atoms with Crippen LogP contribution in [0.15, 0.2) is 24.0 Å². The van der Waals surface area contributed by atoms with Gasteiger partial charge in [-0.1, -0.05) is 21.5 Å². The minimum absolute atomic E-state index is 0.303. The molecule has 0 amide bonds. The smallest absolute Gasteiger partial charge is 0.116 e. The number of allylic oxidation sites excluding steroid dienone is 2. The van der Waals surface area contributed by atoms with Crippen molar-refractivity contribution < 1.29 is 4.74 Å². The molecule has 1 aliphatic heterocycles. The van der Waals surface area contributed by atoms with Crippen molar-refractivity contribution >= 4 is 15.9 Å². The third-order valence-electron chi connectivity index (χ3n) is 1.65. The fourth-order valence-electron chi connectivity index (χ4n) is 1.04. The normalized spacial score (nSPS) is 24.9. The summed E-state index contributed by atoms with van der Waals surface area (Å²) in [5, 5.41) is 0.941. The third kappa shape index (κ3) is 3.10. The van der Waals surface area contributed by atoms with Gasteiger partial charge in [0.1, 0.15) is 6.10 Å². The van der Waals surface area contributed by atoms with Crippen LogP contribution in [0.5, 0.6) is 0 Å². The summed E-state index contributed by atoms with van der Waals surface area (Å²) in [7, 11) is 0. The SMILES string of the molecule is C/C(=C\C1CCC=CO1)CBr. The van der Waals surface area contributed by atoms with Gasteiger partial charge in [-0.05, 0) is 31.9 Å². The fourth-order valence-corrected chi connectivity index (χ4v) is 1.22. The van der Waals surface area contributed by atoms with E-state index in [0.717, 1.165) is 18.2 Å². The zero-order valence-corrected chi connectivity index (χ0v) is 8.30. The maximum absolute atomic E-state index is 5.37. The molecule has 11 heavy (non-hydrogen) atoms. The van der Waals surface area contributed by atoms with E-state index in [1.165, 1.54) is 5.57 Å². The predicted octanol–water partition coefficient (Wildman–Crippen LogP) is 3.02. The lowest BCUT2D eigenvalue weighted by Crippen LogP contribution is -2.09. The first-order valence-corrected chi connectivity index (χ1v) is 4.99. The topological polar surface area (TPSA) is 9.23 Å². The lowest BCUT2D eigenvalue weighted by atomic mass is 10.1. The van der Waals surface area contributed by atoms with E-state index in [1.807, 2.05) is 0 Å².